The molecule has 1 heterocycles. The quantitative estimate of drug-likeness (QED) is 0.899. The fourth-order valence-corrected chi connectivity index (χ4v) is 2.36. The van der Waals surface area contributed by atoms with Gasteiger partial charge in [0.2, 0.25) is 0 Å². The van der Waals surface area contributed by atoms with Crippen LogP contribution in [0.25, 0.3) is 0 Å². The predicted octanol–water partition coefficient (Wildman–Crippen LogP) is 3.68. The topological polar surface area (TPSA) is 37.8 Å². The molecule has 2 rings (SSSR count). The lowest BCUT2D eigenvalue weighted by atomic mass is 10.1. The summed E-state index contributed by atoms with van der Waals surface area (Å²) >= 11 is 0. The Hall–Kier alpha value is -1.90. The van der Waals surface area contributed by atoms with E-state index < -0.39 is 0 Å². The van der Waals surface area contributed by atoms with Crippen molar-refractivity contribution in [3.63, 3.8) is 0 Å². The van der Waals surface area contributed by atoms with Crippen LogP contribution in [0.1, 0.15) is 42.1 Å². The van der Waals surface area contributed by atoms with Gasteiger partial charge in [0, 0.05) is 24.2 Å². The highest BCUT2D eigenvalue weighted by Gasteiger charge is 2.10. The van der Waals surface area contributed by atoms with Gasteiger partial charge in [0.25, 0.3) is 0 Å². The van der Waals surface area contributed by atoms with Gasteiger partial charge >= 0.3 is 0 Å². The third-order valence-electron chi connectivity index (χ3n) is 3.58. The fraction of sp³-hybridized carbons (Fsp3) is 0.412. The molecule has 0 amide bonds. The molecule has 0 fully saturated rings. The van der Waals surface area contributed by atoms with Crippen LogP contribution < -0.4 is 5.32 Å². The fourth-order valence-electron chi connectivity index (χ4n) is 2.36. The first-order valence-electron chi connectivity index (χ1n) is 7.30. The molecular weight excluding hydrogens is 246 g/mol. The lowest BCUT2D eigenvalue weighted by Crippen LogP contribution is -2.10. The Kier molecular flexibility index (Phi) is 4.72. The summed E-state index contributed by atoms with van der Waals surface area (Å²) in [6, 6.07) is 8.42. The molecule has 20 heavy (non-hydrogen) atoms. The van der Waals surface area contributed by atoms with Crippen LogP contribution in [0.4, 0.5) is 5.82 Å². The van der Waals surface area contributed by atoms with Gasteiger partial charge in [-0.15, -0.1) is 0 Å². The monoisotopic (exact) mass is 269 g/mol. The van der Waals surface area contributed by atoms with Gasteiger partial charge in [-0.25, -0.2) is 9.97 Å². The summed E-state index contributed by atoms with van der Waals surface area (Å²) in [5.41, 5.74) is 4.89. The Morgan fingerprint density at radius 1 is 1.05 bits per heavy atom. The Morgan fingerprint density at radius 2 is 1.80 bits per heavy atom. The molecule has 3 heteroatoms. The number of rotatable bonds is 5. The summed E-state index contributed by atoms with van der Waals surface area (Å²) in [7, 11) is 0. The Balaban J connectivity index is 2.37. The van der Waals surface area contributed by atoms with E-state index in [2.05, 4.69) is 62.3 Å². The number of anilines is 1. The highest BCUT2D eigenvalue weighted by atomic mass is 15.0. The standard InChI is InChI=1S/C17H23N3/c1-5-15-13(4)17(18-6-2)20-16(19-15)11-14-10-8-7-9-12(14)3/h7-10H,5-6,11H2,1-4H3,(H,18,19,20). The Labute approximate surface area is 121 Å². The van der Waals surface area contributed by atoms with Crippen LogP contribution in [0.3, 0.4) is 0 Å². The van der Waals surface area contributed by atoms with Gasteiger partial charge < -0.3 is 5.32 Å². The first-order valence-corrected chi connectivity index (χ1v) is 7.30. The van der Waals surface area contributed by atoms with E-state index in [4.69, 9.17) is 4.98 Å². The largest absolute Gasteiger partial charge is 0.370 e. The lowest BCUT2D eigenvalue weighted by molar-refractivity contribution is 0.884. The molecule has 0 spiro atoms. The molecule has 1 aromatic heterocycles. The molecule has 106 valence electrons. The van der Waals surface area contributed by atoms with Gasteiger partial charge in [-0.05, 0) is 38.3 Å². The highest BCUT2D eigenvalue weighted by Crippen LogP contribution is 2.18. The number of hydrogen-bond acceptors (Lipinski definition) is 3. The number of hydrogen-bond donors (Lipinski definition) is 1. The average Bonchev–Trinajstić information content (AvgIpc) is 2.45. The predicted molar refractivity (Wildman–Crippen MR) is 84.3 cm³/mol. The number of aryl methyl sites for hydroxylation is 2. The van der Waals surface area contributed by atoms with E-state index in [1.54, 1.807) is 0 Å². The second-order valence-electron chi connectivity index (χ2n) is 5.05. The normalized spacial score (nSPS) is 10.6. The van der Waals surface area contributed by atoms with E-state index in [1.165, 1.54) is 16.7 Å². The second kappa shape index (κ2) is 6.51. The van der Waals surface area contributed by atoms with E-state index in [0.29, 0.717) is 0 Å². The lowest BCUT2D eigenvalue weighted by Gasteiger charge is -2.13. The van der Waals surface area contributed by atoms with Crippen molar-refractivity contribution in [1.82, 2.24) is 9.97 Å². The molecule has 3 nitrogen and oxygen atoms in total. The smallest absolute Gasteiger partial charge is 0.135 e. The molecule has 0 saturated heterocycles. The molecular formula is C17H23N3. The van der Waals surface area contributed by atoms with Crippen molar-refractivity contribution in [3.8, 4) is 0 Å². The van der Waals surface area contributed by atoms with Crippen LogP contribution in [0.2, 0.25) is 0 Å². The van der Waals surface area contributed by atoms with Gasteiger partial charge in [0.1, 0.15) is 11.6 Å². The van der Waals surface area contributed by atoms with Crippen molar-refractivity contribution in [2.45, 2.75) is 40.5 Å². The van der Waals surface area contributed by atoms with Crippen molar-refractivity contribution in [2.75, 3.05) is 11.9 Å². The summed E-state index contributed by atoms with van der Waals surface area (Å²) < 4.78 is 0. The summed E-state index contributed by atoms with van der Waals surface area (Å²) in [5, 5.41) is 3.34. The van der Waals surface area contributed by atoms with Crippen molar-refractivity contribution in [1.29, 1.82) is 0 Å². The molecule has 0 unspecified atom stereocenters. The van der Waals surface area contributed by atoms with E-state index >= 15 is 0 Å². The summed E-state index contributed by atoms with van der Waals surface area (Å²) in [6.07, 6.45) is 1.73. The Morgan fingerprint density at radius 3 is 2.45 bits per heavy atom. The molecule has 0 aliphatic rings. The minimum absolute atomic E-state index is 0.790. The van der Waals surface area contributed by atoms with Crippen molar-refractivity contribution < 1.29 is 0 Å². The average molecular weight is 269 g/mol. The van der Waals surface area contributed by atoms with Gasteiger partial charge in [-0.1, -0.05) is 31.2 Å². The first kappa shape index (κ1) is 14.5. The maximum absolute atomic E-state index is 4.72. The van der Waals surface area contributed by atoms with Crippen LogP contribution in [-0.4, -0.2) is 16.5 Å². The highest BCUT2D eigenvalue weighted by molar-refractivity contribution is 5.46. The van der Waals surface area contributed by atoms with Gasteiger partial charge in [-0.2, -0.15) is 0 Å². The third kappa shape index (κ3) is 3.16. The Bertz CT molecular complexity index is 591. The molecule has 0 saturated carbocycles. The van der Waals surface area contributed by atoms with Crippen LogP contribution in [-0.2, 0) is 12.8 Å². The number of aromatic nitrogens is 2. The van der Waals surface area contributed by atoms with E-state index in [1.807, 2.05) is 0 Å². The van der Waals surface area contributed by atoms with Crippen LogP contribution >= 0.6 is 0 Å². The molecule has 0 aliphatic heterocycles. The van der Waals surface area contributed by atoms with Crippen molar-refractivity contribution in [3.05, 3.63) is 52.5 Å². The molecule has 0 atom stereocenters. The molecule has 2 aromatic rings. The summed E-state index contributed by atoms with van der Waals surface area (Å²) in [5.74, 6) is 1.88. The summed E-state index contributed by atoms with van der Waals surface area (Å²) in [6.45, 7) is 9.34. The second-order valence-corrected chi connectivity index (χ2v) is 5.05. The van der Waals surface area contributed by atoms with Gasteiger partial charge in [-0.3, -0.25) is 0 Å². The molecule has 0 radical (unpaired) electrons. The third-order valence-corrected chi connectivity index (χ3v) is 3.58. The van der Waals surface area contributed by atoms with E-state index in [9.17, 15) is 0 Å². The van der Waals surface area contributed by atoms with E-state index in [0.717, 1.165) is 36.7 Å². The molecule has 0 bridgehead atoms. The SMILES string of the molecule is CCNc1nc(Cc2ccccc2C)nc(CC)c1C. The number of benzene rings is 1. The van der Waals surface area contributed by atoms with Crippen LogP contribution in [0.15, 0.2) is 24.3 Å². The van der Waals surface area contributed by atoms with Crippen molar-refractivity contribution in [2.24, 2.45) is 0 Å². The minimum Gasteiger partial charge on any atom is -0.370 e. The van der Waals surface area contributed by atoms with E-state index in [-0.39, 0.29) is 0 Å². The van der Waals surface area contributed by atoms with Crippen molar-refractivity contribution >= 4 is 5.82 Å². The van der Waals surface area contributed by atoms with Gasteiger partial charge in [0.15, 0.2) is 0 Å². The van der Waals surface area contributed by atoms with Crippen LogP contribution in [0, 0.1) is 13.8 Å². The van der Waals surface area contributed by atoms with Gasteiger partial charge in [0.05, 0.1) is 0 Å². The zero-order valence-electron chi connectivity index (χ0n) is 12.8. The molecule has 1 N–H and O–H groups in total. The van der Waals surface area contributed by atoms with Crippen LogP contribution in [0.5, 0.6) is 0 Å². The summed E-state index contributed by atoms with van der Waals surface area (Å²) in [4.78, 5) is 9.40. The zero-order chi connectivity index (χ0) is 14.5. The minimum atomic E-state index is 0.790. The zero-order valence-corrected chi connectivity index (χ0v) is 12.8. The molecule has 1 aromatic carbocycles. The number of nitrogens with one attached hydrogen (secondary N) is 1. The first-order chi connectivity index (χ1) is 9.65. The maximum atomic E-state index is 4.72. The number of nitrogens with zero attached hydrogens (tertiary/aromatic N) is 2. The maximum Gasteiger partial charge on any atom is 0.135 e. The molecule has 0 aliphatic carbocycles.